The summed E-state index contributed by atoms with van der Waals surface area (Å²) in [5.74, 6) is -1.35. The molecule has 5 nitrogen and oxygen atoms in total. The maximum Gasteiger partial charge on any atom is 0.248 e. The second-order valence-corrected chi connectivity index (χ2v) is 5.33. The fourth-order valence-corrected chi connectivity index (χ4v) is 2.05. The molecule has 0 heterocycles. The molecular formula is C16H15ClFN3O2. The molecule has 23 heavy (non-hydrogen) atoms. The van der Waals surface area contributed by atoms with Gasteiger partial charge in [-0.05, 0) is 49.4 Å². The Balaban J connectivity index is 1.99. The molecule has 0 aliphatic heterocycles. The van der Waals surface area contributed by atoms with E-state index in [4.69, 9.17) is 17.3 Å². The summed E-state index contributed by atoms with van der Waals surface area (Å²) in [6.45, 7) is 1.66. The number of hydrogen-bond donors (Lipinski definition) is 3. The highest BCUT2D eigenvalue weighted by Gasteiger charge is 2.13. The molecule has 2 amide bonds. The lowest BCUT2D eigenvalue weighted by Crippen LogP contribution is -2.31. The standard InChI is InChI=1S/C16H15ClFN3O2/c1-9(20-12-6-7-14(18)13(17)8-12)16(23)21-11-4-2-10(3-5-11)15(19)22/h2-9,20H,1H3,(H2,19,22)(H,21,23)/t9-/m1/s1. The zero-order valence-corrected chi connectivity index (χ0v) is 13.0. The highest BCUT2D eigenvalue weighted by molar-refractivity contribution is 6.31. The first-order valence-corrected chi connectivity index (χ1v) is 7.17. The summed E-state index contributed by atoms with van der Waals surface area (Å²) in [4.78, 5) is 23.1. The van der Waals surface area contributed by atoms with Gasteiger partial charge in [0.1, 0.15) is 11.9 Å². The second-order valence-electron chi connectivity index (χ2n) is 4.93. The average Bonchev–Trinajstić information content (AvgIpc) is 2.51. The summed E-state index contributed by atoms with van der Waals surface area (Å²) < 4.78 is 13.1. The summed E-state index contributed by atoms with van der Waals surface area (Å²) in [5, 5.41) is 5.59. The molecular weight excluding hydrogens is 321 g/mol. The predicted octanol–water partition coefficient (Wildman–Crippen LogP) is 3.02. The lowest BCUT2D eigenvalue weighted by molar-refractivity contribution is -0.116. The van der Waals surface area contributed by atoms with Crippen molar-refractivity contribution in [2.24, 2.45) is 5.73 Å². The van der Waals surface area contributed by atoms with Gasteiger partial charge in [-0.1, -0.05) is 11.6 Å². The Bertz CT molecular complexity index is 735. The Morgan fingerprint density at radius 2 is 1.74 bits per heavy atom. The van der Waals surface area contributed by atoms with Crippen LogP contribution in [0.2, 0.25) is 5.02 Å². The van der Waals surface area contributed by atoms with E-state index in [-0.39, 0.29) is 10.9 Å². The molecule has 7 heteroatoms. The zero-order chi connectivity index (χ0) is 17.0. The van der Waals surface area contributed by atoms with E-state index < -0.39 is 17.8 Å². The van der Waals surface area contributed by atoms with Crippen LogP contribution in [0.3, 0.4) is 0 Å². The van der Waals surface area contributed by atoms with Crippen molar-refractivity contribution in [2.45, 2.75) is 13.0 Å². The van der Waals surface area contributed by atoms with Crippen molar-refractivity contribution < 1.29 is 14.0 Å². The van der Waals surface area contributed by atoms with Gasteiger partial charge in [0.05, 0.1) is 5.02 Å². The number of hydrogen-bond acceptors (Lipinski definition) is 3. The molecule has 0 saturated carbocycles. The Morgan fingerprint density at radius 3 is 2.30 bits per heavy atom. The van der Waals surface area contributed by atoms with Crippen LogP contribution in [0, 0.1) is 5.82 Å². The summed E-state index contributed by atoms with van der Waals surface area (Å²) in [6, 6.07) is 9.75. The van der Waals surface area contributed by atoms with Gasteiger partial charge in [0.25, 0.3) is 0 Å². The minimum absolute atomic E-state index is 0.0235. The first-order chi connectivity index (χ1) is 10.9. The van der Waals surface area contributed by atoms with E-state index in [2.05, 4.69) is 10.6 Å². The Hall–Kier alpha value is -2.60. The molecule has 0 aliphatic carbocycles. The van der Waals surface area contributed by atoms with Crippen molar-refractivity contribution in [3.8, 4) is 0 Å². The number of primary amides is 1. The van der Waals surface area contributed by atoms with E-state index in [0.29, 0.717) is 16.9 Å². The number of nitrogens with one attached hydrogen (secondary N) is 2. The predicted molar refractivity (Wildman–Crippen MR) is 88.1 cm³/mol. The third-order valence-electron chi connectivity index (χ3n) is 3.13. The molecule has 0 unspecified atom stereocenters. The molecule has 0 saturated heterocycles. The van der Waals surface area contributed by atoms with Crippen molar-refractivity contribution in [1.82, 2.24) is 0 Å². The highest BCUT2D eigenvalue weighted by Crippen LogP contribution is 2.20. The number of carbonyl (C=O) groups is 2. The lowest BCUT2D eigenvalue weighted by Gasteiger charge is -2.15. The summed E-state index contributed by atoms with van der Waals surface area (Å²) >= 11 is 5.69. The van der Waals surface area contributed by atoms with Crippen molar-refractivity contribution >= 4 is 34.8 Å². The van der Waals surface area contributed by atoms with Crippen LogP contribution in [0.25, 0.3) is 0 Å². The van der Waals surface area contributed by atoms with Crippen molar-refractivity contribution in [3.63, 3.8) is 0 Å². The third kappa shape index (κ3) is 4.43. The van der Waals surface area contributed by atoms with Crippen molar-refractivity contribution in [2.75, 3.05) is 10.6 Å². The van der Waals surface area contributed by atoms with E-state index in [1.165, 1.54) is 30.3 Å². The van der Waals surface area contributed by atoms with Crippen LogP contribution in [0.1, 0.15) is 17.3 Å². The van der Waals surface area contributed by atoms with Gasteiger partial charge in [-0.2, -0.15) is 0 Å². The Morgan fingerprint density at radius 1 is 1.13 bits per heavy atom. The third-order valence-corrected chi connectivity index (χ3v) is 3.42. The largest absolute Gasteiger partial charge is 0.374 e. The van der Waals surface area contributed by atoms with Gasteiger partial charge < -0.3 is 16.4 Å². The highest BCUT2D eigenvalue weighted by atomic mass is 35.5. The maximum atomic E-state index is 13.1. The average molecular weight is 336 g/mol. The first kappa shape index (κ1) is 16.8. The number of amides is 2. The van der Waals surface area contributed by atoms with Crippen LogP contribution in [-0.4, -0.2) is 17.9 Å². The fraction of sp³-hybridized carbons (Fsp3) is 0.125. The molecule has 1 atom stereocenters. The van der Waals surface area contributed by atoms with E-state index in [1.807, 2.05) is 0 Å². The molecule has 2 rings (SSSR count). The summed E-state index contributed by atoms with van der Waals surface area (Å²) in [5.41, 5.74) is 6.57. The molecule has 4 N–H and O–H groups in total. The number of anilines is 2. The quantitative estimate of drug-likeness (QED) is 0.785. The van der Waals surface area contributed by atoms with Crippen molar-refractivity contribution in [3.05, 3.63) is 58.9 Å². The van der Waals surface area contributed by atoms with Gasteiger partial charge in [0, 0.05) is 16.9 Å². The number of benzene rings is 2. The lowest BCUT2D eigenvalue weighted by atomic mass is 10.2. The van der Waals surface area contributed by atoms with Gasteiger partial charge in [-0.3, -0.25) is 9.59 Å². The molecule has 0 bridgehead atoms. The first-order valence-electron chi connectivity index (χ1n) is 6.79. The second kappa shape index (κ2) is 7.11. The van der Waals surface area contributed by atoms with Gasteiger partial charge in [0.2, 0.25) is 11.8 Å². The molecule has 0 fully saturated rings. The van der Waals surface area contributed by atoms with Crippen molar-refractivity contribution in [1.29, 1.82) is 0 Å². The Kier molecular flexibility index (Phi) is 5.18. The van der Waals surface area contributed by atoms with Crippen LogP contribution >= 0.6 is 11.6 Å². The minimum atomic E-state index is -0.577. The molecule has 120 valence electrons. The monoisotopic (exact) mass is 335 g/mol. The fourth-order valence-electron chi connectivity index (χ4n) is 1.87. The molecule has 0 aromatic heterocycles. The summed E-state index contributed by atoms with van der Waals surface area (Å²) in [7, 11) is 0. The van der Waals surface area contributed by atoms with Crippen LogP contribution < -0.4 is 16.4 Å². The van der Waals surface area contributed by atoms with Gasteiger partial charge >= 0.3 is 0 Å². The minimum Gasteiger partial charge on any atom is -0.374 e. The molecule has 0 spiro atoms. The van der Waals surface area contributed by atoms with Gasteiger partial charge in [0.15, 0.2) is 0 Å². The van der Waals surface area contributed by atoms with E-state index in [0.717, 1.165) is 0 Å². The van der Waals surface area contributed by atoms with Gasteiger partial charge in [-0.15, -0.1) is 0 Å². The molecule has 2 aromatic carbocycles. The molecule has 0 radical (unpaired) electrons. The number of rotatable bonds is 5. The van der Waals surface area contributed by atoms with E-state index >= 15 is 0 Å². The van der Waals surface area contributed by atoms with E-state index in [9.17, 15) is 14.0 Å². The van der Waals surface area contributed by atoms with Crippen LogP contribution in [0.15, 0.2) is 42.5 Å². The van der Waals surface area contributed by atoms with Gasteiger partial charge in [-0.25, -0.2) is 4.39 Å². The van der Waals surface area contributed by atoms with Crippen LogP contribution in [0.5, 0.6) is 0 Å². The smallest absolute Gasteiger partial charge is 0.248 e. The zero-order valence-electron chi connectivity index (χ0n) is 12.3. The number of halogens is 2. The molecule has 2 aromatic rings. The SMILES string of the molecule is C[C@@H](Nc1ccc(F)c(Cl)c1)C(=O)Nc1ccc(C(N)=O)cc1. The topological polar surface area (TPSA) is 84.2 Å². The Labute approximate surface area is 137 Å². The molecule has 0 aliphatic rings. The maximum absolute atomic E-state index is 13.1. The number of carbonyl (C=O) groups excluding carboxylic acids is 2. The van der Waals surface area contributed by atoms with Crippen LogP contribution in [0.4, 0.5) is 15.8 Å². The summed E-state index contributed by atoms with van der Waals surface area (Å²) in [6.07, 6.45) is 0. The van der Waals surface area contributed by atoms with E-state index in [1.54, 1.807) is 19.1 Å². The normalized spacial score (nSPS) is 11.6. The van der Waals surface area contributed by atoms with Crippen LogP contribution in [-0.2, 0) is 4.79 Å². The number of nitrogens with two attached hydrogens (primary N) is 1.